The summed E-state index contributed by atoms with van der Waals surface area (Å²) in [6, 6.07) is 0. The molecule has 5 nitrogen and oxygen atoms in total. The lowest BCUT2D eigenvalue weighted by atomic mass is 9.73. The summed E-state index contributed by atoms with van der Waals surface area (Å²) < 4.78 is 5.40. The van der Waals surface area contributed by atoms with E-state index in [1.807, 2.05) is 20.8 Å². The van der Waals surface area contributed by atoms with Gasteiger partial charge >= 0.3 is 6.09 Å². The van der Waals surface area contributed by atoms with E-state index in [0.29, 0.717) is 31.8 Å². The van der Waals surface area contributed by atoms with Gasteiger partial charge in [0, 0.05) is 26.1 Å². The molecule has 1 spiro atoms. The second-order valence-electron chi connectivity index (χ2n) is 6.64. The van der Waals surface area contributed by atoms with Crippen LogP contribution in [0.4, 0.5) is 4.79 Å². The van der Waals surface area contributed by atoms with E-state index in [1.165, 1.54) is 0 Å². The summed E-state index contributed by atoms with van der Waals surface area (Å²) in [5.41, 5.74) is -0.871. The van der Waals surface area contributed by atoms with Gasteiger partial charge in [-0.05, 0) is 40.2 Å². The maximum absolute atomic E-state index is 12.2. The Morgan fingerprint density at radius 2 is 2.16 bits per heavy atom. The van der Waals surface area contributed by atoms with Gasteiger partial charge in [-0.15, -0.1) is 0 Å². The number of Topliss-reactive ketones (excluding diaryl/α,β-unsaturated/α-hetero) is 1. The molecule has 2 rings (SSSR count). The van der Waals surface area contributed by atoms with E-state index >= 15 is 0 Å². The molecule has 2 aliphatic rings. The number of ether oxygens (including phenoxy) is 1. The van der Waals surface area contributed by atoms with Crippen LogP contribution in [0.25, 0.3) is 0 Å². The number of carbonyl (C=O) groups excluding carboxylic acids is 2. The predicted molar refractivity (Wildman–Crippen MR) is 72.0 cm³/mol. The molecule has 1 N–H and O–H groups in total. The second kappa shape index (κ2) is 5.12. The number of likely N-dealkylation sites (tertiary alicyclic amines) is 1. The fraction of sp³-hybridized carbons (Fsp3) is 0.857. The molecule has 2 aliphatic heterocycles. The maximum Gasteiger partial charge on any atom is 0.410 e. The second-order valence-corrected chi connectivity index (χ2v) is 6.64. The number of rotatable bonds is 0. The lowest BCUT2D eigenvalue weighted by Gasteiger charge is -2.43. The van der Waals surface area contributed by atoms with Gasteiger partial charge in [0.1, 0.15) is 11.4 Å². The third-order valence-electron chi connectivity index (χ3n) is 3.82. The maximum atomic E-state index is 12.2. The van der Waals surface area contributed by atoms with Crippen LogP contribution in [0.15, 0.2) is 0 Å². The smallest absolute Gasteiger partial charge is 0.410 e. The highest BCUT2D eigenvalue weighted by atomic mass is 16.6. The van der Waals surface area contributed by atoms with Crippen molar-refractivity contribution in [2.45, 2.75) is 45.6 Å². The summed E-state index contributed by atoms with van der Waals surface area (Å²) in [5.74, 6) is 0.291. The molecule has 0 aromatic heterocycles. The highest BCUT2D eigenvalue weighted by Crippen LogP contribution is 2.33. The van der Waals surface area contributed by atoms with Crippen molar-refractivity contribution < 1.29 is 14.3 Å². The van der Waals surface area contributed by atoms with Gasteiger partial charge in [-0.3, -0.25) is 4.79 Å². The van der Waals surface area contributed by atoms with E-state index in [-0.39, 0.29) is 11.5 Å². The Kier molecular flexibility index (Phi) is 3.85. The number of carbonyl (C=O) groups is 2. The molecule has 2 heterocycles. The largest absolute Gasteiger partial charge is 0.444 e. The fourth-order valence-electron chi connectivity index (χ4n) is 2.86. The van der Waals surface area contributed by atoms with Crippen molar-refractivity contribution in [2.24, 2.45) is 5.41 Å². The molecule has 0 bridgehead atoms. The number of piperidine rings is 2. The van der Waals surface area contributed by atoms with E-state index in [4.69, 9.17) is 4.74 Å². The fourth-order valence-corrected chi connectivity index (χ4v) is 2.86. The normalized spacial score (nSPS) is 28.6. The van der Waals surface area contributed by atoms with E-state index in [0.717, 1.165) is 19.4 Å². The van der Waals surface area contributed by atoms with Crippen molar-refractivity contribution in [3.8, 4) is 0 Å². The number of amides is 1. The zero-order valence-corrected chi connectivity index (χ0v) is 12.1. The van der Waals surface area contributed by atoms with E-state index < -0.39 is 5.60 Å². The molecule has 0 radical (unpaired) electrons. The Balaban J connectivity index is 2.04. The average Bonchev–Trinajstić information content (AvgIpc) is 2.32. The highest BCUT2D eigenvalue weighted by Gasteiger charge is 2.45. The Labute approximate surface area is 114 Å². The van der Waals surface area contributed by atoms with Crippen molar-refractivity contribution >= 4 is 11.9 Å². The first kappa shape index (κ1) is 14.3. The number of hydrogen-bond acceptors (Lipinski definition) is 4. The van der Waals surface area contributed by atoms with Gasteiger partial charge in [-0.2, -0.15) is 0 Å². The minimum atomic E-state index is -0.490. The molecule has 1 atom stereocenters. The van der Waals surface area contributed by atoms with Crippen molar-refractivity contribution in [1.82, 2.24) is 10.2 Å². The van der Waals surface area contributed by atoms with Gasteiger partial charge in [0.25, 0.3) is 0 Å². The Morgan fingerprint density at radius 3 is 2.74 bits per heavy atom. The van der Waals surface area contributed by atoms with Crippen LogP contribution in [0.3, 0.4) is 0 Å². The van der Waals surface area contributed by atoms with Gasteiger partial charge in [0.2, 0.25) is 0 Å². The first-order chi connectivity index (χ1) is 8.82. The van der Waals surface area contributed by atoms with Crippen molar-refractivity contribution in [3.05, 3.63) is 0 Å². The number of ketones is 1. The highest BCUT2D eigenvalue weighted by molar-refractivity contribution is 5.88. The third kappa shape index (κ3) is 3.26. The average molecular weight is 268 g/mol. The first-order valence-corrected chi connectivity index (χ1v) is 7.04. The summed E-state index contributed by atoms with van der Waals surface area (Å²) >= 11 is 0. The third-order valence-corrected chi connectivity index (χ3v) is 3.82. The van der Waals surface area contributed by atoms with Crippen molar-refractivity contribution in [1.29, 1.82) is 0 Å². The molecule has 0 saturated carbocycles. The van der Waals surface area contributed by atoms with Crippen LogP contribution in [0, 0.1) is 5.41 Å². The summed E-state index contributed by atoms with van der Waals surface area (Å²) in [4.78, 5) is 26.0. The SMILES string of the molecule is CC(C)(C)OC(=O)N1CCC(=O)C2(CCCNC2)C1. The quantitative estimate of drug-likeness (QED) is 0.724. The van der Waals surface area contributed by atoms with Crippen LogP contribution in [0.5, 0.6) is 0 Å². The van der Waals surface area contributed by atoms with Crippen molar-refractivity contribution in [2.75, 3.05) is 26.2 Å². The molecular formula is C14H24N2O3. The first-order valence-electron chi connectivity index (χ1n) is 7.04. The summed E-state index contributed by atoms with van der Waals surface area (Å²) in [7, 11) is 0. The summed E-state index contributed by atoms with van der Waals surface area (Å²) in [6.45, 7) is 8.20. The van der Waals surface area contributed by atoms with E-state index in [1.54, 1.807) is 4.90 Å². The molecule has 1 unspecified atom stereocenters. The van der Waals surface area contributed by atoms with Crippen LogP contribution in [0.2, 0.25) is 0 Å². The molecule has 0 aliphatic carbocycles. The molecule has 0 aromatic rings. The minimum Gasteiger partial charge on any atom is -0.444 e. The lowest BCUT2D eigenvalue weighted by Crippen LogP contribution is -2.57. The summed E-state index contributed by atoms with van der Waals surface area (Å²) in [6.07, 6.45) is 2.01. The topological polar surface area (TPSA) is 58.6 Å². The predicted octanol–water partition coefficient (Wildman–Crippen LogP) is 1.57. The lowest BCUT2D eigenvalue weighted by molar-refractivity contribution is -0.134. The molecule has 5 heteroatoms. The van der Waals surface area contributed by atoms with Crippen LogP contribution >= 0.6 is 0 Å². The van der Waals surface area contributed by atoms with Crippen LogP contribution < -0.4 is 5.32 Å². The number of nitrogens with one attached hydrogen (secondary N) is 1. The molecule has 19 heavy (non-hydrogen) atoms. The monoisotopic (exact) mass is 268 g/mol. The number of hydrogen-bond donors (Lipinski definition) is 1. The van der Waals surface area contributed by atoms with Gasteiger partial charge in [0.15, 0.2) is 0 Å². The molecular weight excluding hydrogens is 244 g/mol. The molecule has 1 amide bonds. The Hall–Kier alpha value is -1.10. The van der Waals surface area contributed by atoms with Gasteiger partial charge in [-0.1, -0.05) is 0 Å². The summed E-state index contributed by atoms with van der Waals surface area (Å²) in [5, 5.41) is 3.28. The molecule has 108 valence electrons. The number of nitrogens with zero attached hydrogens (tertiary/aromatic N) is 1. The van der Waals surface area contributed by atoms with Gasteiger partial charge in [0.05, 0.1) is 5.41 Å². The minimum absolute atomic E-state index is 0.291. The molecule has 2 fully saturated rings. The zero-order chi connectivity index (χ0) is 14.1. The van der Waals surface area contributed by atoms with Crippen LogP contribution in [0.1, 0.15) is 40.0 Å². The van der Waals surface area contributed by atoms with Crippen LogP contribution in [-0.2, 0) is 9.53 Å². The molecule has 2 saturated heterocycles. The standard InChI is InChI=1S/C14H24N2O3/c1-13(2,3)19-12(18)16-8-5-11(17)14(10-16)6-4-7-15-9-14/h15H,4-10H2,1-3H3. The van der Waals surface area contributed by atoms with E-state index in [9.17, 15) is 9.59 Å². The zero-order valence-electron chi connectivity index (χ0n) is 12.1. The Morgan fingerprint density at radius 1 is 1.42 bits per heavy atom. The van der Waals surface area contributed by atoms with Crippen LogP contribution in [-0.4, -0.2) is 48.6 Å². The van der Waals surface area contributed by atoms with E-state index in [2.05, 4.69) is 5.32 Å². The Bertz CT molecular complexity index is 367. The van der Waals surface area contributed by atoms with Gasteiger partial charge in [-0.25, -0.2) is 4.79 Å². The molecule has 0 aromatic carbocycles. The van der Waals surface area contributed by atoms with Crippen molar-refractivity contribution in [3.63, 3.8) is 0 Å². The van der Waals surface area contributed by atoms with Gasteiger partial charge < -0.3 is 15.0 Å².